The Morgan fingerprint density at radius 1 is 0.606 bits per heavy atom. The molecule has 0 atom stereocenters. The summed E-state index contributed by atoms with van der Waals surface area (Å²) in [4.78, 5) is 5.01. The Balaban J connectivity index is 1.03. The van der Waals surface area contributed by atoms with Crippen LogP contribution in [0.4, 0.5) is 0 Å². The van der Waals surface area contributed by atoms with Crippen LogP contribution in [0.2, 0.25) is 0 Å². The molecule has 6 rings (SSSR count). The van der Waals surface area contributed by atoms with Crippen molar-refractivity contribution in [2.24, 2.45) is 0 Å². The lowest BCUT2D eigenvalue weighted by atomic mass is 10.1. The zero-order chi connectivity index (χ0) is 22.0. The summed E-state index contributed by atoms with van der Waals surface area (Å²) in [6.07, 6.45) is 3.13. The molecule has 0 N–H and O–H groups in total. The molecule has 0 unspecified atom stereocenters. The van der Waals surface area contributed by atoms with E-state index in [4.69, 9.17) is 0 Å². The van der Waals surface area contributed by atoms with E-state index in [1.165, 1.54) is 11.4 Å². The molecule has 0 radical (unpaired) electrons. The molecule has 2 aromatic heterocycles. The van der Waals surface area contributed by atoms with Crippen LogP contribution < -0.4 is 0 Å². The van der Waals surface area contributed by atoms with Gasteiger partial charge >= 0.3 is 0 Å². The van der Waals surface area contributed by atoms with Crippen molar-refractivity contribution in [3.05, 3.63) is 83.4 Å². The molecular weight excluding hydrogens is 412 g/mol. The fourth-order valence-electron chi connectivity index (χ4n) is 4.97. The van der Waals surface area contributed by atoms with Crippen LogP contribution in [0.5, 0.6) is 0 Å². The second-order valence-corrected chi connectivity index (χ2v) is 8.87. The molecule has 8 nitrogen and oxygen atoms in total. The Morgan fingerprint density at radius 2 is 1.06 bits per heavy atom. The Labute approximate surface area is 193 Å². The minimum absolute atomic E-state index is 0.887. The highest BCUT2D eigenvalue weighted by Gasteiger charge is 2.24. The fourth-order valence-corrected chi connectivity index (χ4v) is 4.97. The molecule has 2 aliphatic heterocycles. The van der Waals surface area contributed by atoms with Crippen molar-refractivity contribution >= 4 is 0 Å². The number of aromatic nitrogens is 6. The van der Waals surface area contributed by atoms with Crippen molar-refractivity contribution in [2.75, 3.05) is 26.2 Å². The average Bonchev–Trinajstić information content (AvgIpc) is 3.49. The maximum Gasteiger partial charge on any atom is 0.100 e. The number of hydrogen-bond acceptors (Lipinski definition) is 6. The Hall–Kier alpha value is -3.36. The van der Waals surface area contributed by atoms with Crippen LogP contribution in [0, 0.1) is 0 Å². The van der Waals surface area contributed by atoms with Crippen molar-refractivity contribution in [3.8, 4) is 11.4 Å². The van der Waals surface area contributed by atoms with Crippen LogP contribution >= 0.6 is 0 Å². The van der Waals surface area contributed by atoms with Gasteiger partial charge in [-0.1, -0.05) is 46.8 Å². The second-order valence-electron chi connectivity index (χ2n) is 8.87. The largest absolute Gasteiger partial charge is 0.297 e. The first-order valence-electron chi connectivity index (χ1n) is 11.8. The highest BCUT2D eigenvalue weighted by Crippen LogP contribution is 2.22. The van der Waals surface area contributed by atoms with Crippen LogP contribution in [0.15, 0.2) is 60.7 Å². The van der Waals surface area contributed by atoms with Crippen LogP contribution in [-0.2, 0) is 25.9 Å². The third-order valence-electron chi connectivity index (χ3n) is 6.71. The first-order valence-corrected chi connectivity index (χ1v) is 11.8. The molecule has 0 fully saturated rings. The number of hydrogen-bond donors (Lipinski definition) is 0. The van der Waals surface area contributed by atoms with Gasteiger partial charge < -0.3 is 0 Å². The second kappa shape index (κ2) is 8.88. The van der Waals surface area contributed by atoms with Gasteiger partial charge in [-0.15, -0.1) is 10.2 Å². The maximum absolute atomic E-state index is 4.48. The van der Waals surface area contributed by atoms with Gasteiger partial charge in [0.05, 0.1) is 22.8 Å². The quantitative estimate of drug-likeness (QED) is 0.459. The molecule has 2 aromatic carbocycles. The van der Waals surface area contributed by atoms with E-state index in [1.807, 2.05) is 45.8 Å². The summed E-state index contributed by atoms with van der Waals surface area (Å²) < 4.78 is 4.00. The summed E-state index contributed by atoms with van der Waals surface area (Å²) in [7, 11) is 0. The predicted octanol–water partition coefficient (Wildman–Crippen LogP) is 2.65. The smallest absolute Gasteiger partial charge is 0.100 e. The molecule has 4 aromatic rings. The van der Waals surface area contributed by atoms with E-state index in [2.05, 4.69) is 54.7 Å². The highest BCUT2D eigenvalue weighted by molar-refractivity contribution is 5.34. The molecule has 0 saturated heterocycles. The highest BCUT2D eigenvalue weighted by atomic mass is 15.5. The summed E-state index contributed by atoms with van der Waals surface area (Å²) >= 11 is 0. The van der Waals surface area contributed by atoms with Gasteiger partial charge in [0.2, 0.25) is 0 Å². The van der Waals surface area contributed by atoms with E-state index >= 15 is 0 Å². The first-order chi connectivity index (χ1) is 16.3. The minimum atomic E-state index is 0.887. The molecular formula is C25H28N8. The summed E-state index contributed by atoms with van der Waals surface area (Å²) in [5.74, 6) is 0. The minimum Gasteiger partial charge on any atom is -0.297 e. The molecule has 0 aliphatic carbocycles. The van der Waals surface area contributed by atoms with E-state index < -0.39 is 0 Å². The van der Waals surface area contributed by atoms with Gasteiger partial charge in [0.15, 0.2) is 0 Å². The van der Waals surface area contributed by atoms with Crippen molar-refractivity contribution in [1.82, 2.24) is 39.8 Å². The van der Waals surface area contributed by atoms with Gasteiger partial charge in [-0.2, -0.15) is 0 Å². The topological polar surface area (TPSA) is 67.9 Å². The molecule has 8 heteroatoms. The van der Waals surface area contributed by atoms with Crippen LogP contribution in [0.3, 0.4) is 0 Å². The molecule has 0 bridgehead atoms. The van der Waals surface area contributed by atoms with Crippen molar-refractivity contribution in [2.45, 2.75) is 32.4 Å². The Morgan fingerprint density at radius 3 is 1.52 bits per heavy atom. The SMILES string of the molecule is c1ccc(-n2nnc3c2CCN(CCCN2CCc4c(nnn4-c4ccccc4)C2)C3)cc1. The lowest BCUT2D eigenvalue weighted by molar-refractivity contribution is 0.203. The van der Waals surface area contributed by atoms with E-state index in [-0.39, 0.29) is 0 Å². The zero-order valence-electron chi connectivity index (χ0n) is 18.7. The summed E-state index contributed by atoms with van der Waals surface area (Å²) in [6.45, 7) is 6.05. The summed E-state index contributed by atoms with van der Waals surface area (Å²) in [6, 6.07) is 20.6. The van der Waals surface area contributed by atoms with Crippen molar-refractivity contribution < 1.29 is 0 Å². The van der Waals surface area contributed by atoms with Gasteiger partial charge in [0.1, 0.15) is 11.4 Å². The van der Waals surface area contributed by atoms with Gasteiger partial charge in [0, 0.05) is 39.0 Å². The van der Waals surface area contributed by atoms with E-state index in [0.717, 1.165) is 81.3 Å². The molecule has 4 heterocycles. The third kappa shape index (κ3) is 4.07. The lowest BCUT2D eigenvalue weighted by Crippen LogP contribution is -2.36. The van der Waals surface area contributed by atoms with Gasteiger partial charge in [-0.05, 0) is 43.8 Å². The number of rotatable bonds is 6. The van der Waals surface area contributed by atoms with Gasteiger partial charge in [0.25, 0.3) is 0 Å². The lowest BCUT2D eigenvalue weighted by Gasteiger charge is -2.29. The van der Waals surface area contributed by atoms with Crippen LogP contribution in [0.1, 0.15) is 29.2 Å². The monoisotopic (exact) mass is 440 g/mol. The molecule has 168 valence electrons. The predicted molar refractivity (Wildman–Crippen MR) is 125 cm³/mol. The number of fused-ring (bicyclic) bond motifs is 2. The van der Waals surface area contributed by atoms with Crippen LogP contribution in [-0.4, -0.2) is 66.0 Å². The summed E-state index contributed by atoms with van der Waals surface area (Å²) in [5, 5.41) is 17.8. The number of nitrogens with zero attached hydrogens (tertiary/aromatic N) is 8. The number of para-hydroxylation sites is 2. The van der Waals surface area contributed by atoms with Crippen molar-refractivity contribution in [1.29, 1.82) is 0 Å². The van der Waals surface area contributed by atoms with E-state index in [1.54, 1.807) is 0 Å². The third-order valence-corrected chi connectivity index (χ3v) is 6.71. The molecule has 0 amide bonds. The molecule has 2 aliphatic rings. The normalized spacial score (nSPS) is 16.5. The Kier molecular flexibility index (Phi) is 5.45. The van der Waals surface area contributed by atoms with E-state index in [0.29, 0.717) is 0 Å². The Bertz CT molecular complexity index is 1120. The molecule has 33 heavy (non-hydrogen) atoms. The van der Waals surface area contributed by atoms with Crippen molar-refractivity contribution in [3.63, 3.8) is 0 Å². The van der Waals surface area contributed by atoms with Gasteiger partial charge in [-0.3, -0.25) is 9.80 Å². The standard InChI is InChI=1S/C25H28N8/c1-3-8-20(9-4-1)32-24-12-16-30(18-22(24)26-28-32)14-7-15-31-17-13-25-23(19-31)27-29-33(25)21-10-5-2-6-11-21/h1-6,8-11H,7,12-19H2. The van der Waals surface area contributed by atoms with E-state index in [9.17, 15) is 0 Å². The first kappa shape index (κ1) is 20.3. The number of benzene rings is 2. The molecule has 0 spiro atoms. The molecule has 0 saturated carbocycles. The maximum atomic E-state index is 4.48. The van der Waals surface area contributed by atoms with Crippen LogP contribution in [0.25, 0.3) is 11.4 Å². The average molecular weight is 441 g/mol. The zero-order valence-corrected chi connectivity index (χ0v) is 18.7. The van der Waals surface area contributed by atoms with Gasteiger partial charge in [-0.25, -0.2) is 9.36 Å². The summed E-state index contributed by atoms with van der Waals surface area (Å²) in [5.41, 5.74) is 6.92. The fraction of sp³-hybridized carbons (Fsp3) is 0.360.